The molecule has 0 radical (unpaired) electrons. The molecule has 0 atom stereocenters. The number of Topliss-reactive ketones (excluding diaryl/α,β-unsaturated/α-hetero) is 1. The van der Waals surface area contributed by atoms with Gasteiger partial charge in [0.1, 0.15) is 0 Å². The third-order valence-corrected chi connectivity index (χ3v) is 9.28. The molecular formula is C21H30NO6PS. The lowest BCUT2D eigenvalue weighted by Crippen LogP contribution is -2.30. The molecule has 0 spiro atoms. The van der Waals surface area contributed by atoms with Gasteiger partial charge in [-0.05, 0) is 64.8 Å². The van der Waals surface area contributed by atoms with E-state index in [9.17, 15) is 17.8 Å². The topological polar surface area (TPSA) is 90.0 Å². The summed E-state index contributed by atoms with van der Waals surface area (Å²) in [7, 11) is -7.32. The maximum atomic E-state index is 13.2. The summed E-state index contributed by atoms with van der Waals surface area (Å²) >= 11 is 0. The number of ketones is 1. The van der Waals surface area contributed by atoms with Crippen LogP contribution in [0.4, 0.5) is 0 Å². The van der Waals surface area contributed by atoms with Gasteiger partial charge >= 0.3 is 7.60 Å². The Balaban J connectivity index is 2.48. The van der Waals surface area contributed by atoms with Crippen molar-refractivity contribution < 1.29 is 26.8 Å². The Morgan fingerprint density at radius 3 is 1.97 bits per heavy atom. The molecular weight excluding hydrogens is 425 g/mol. The molecule has 0 fully saturated rings. The summed E-state index contributed by atoms with van der Waals surface area (Å²) in [6.07, 6.45) is 0. The highest BCUT2D eigenvalue weighted by Gasteiger charge is 2.37. The van der Waals surface area contributed by atoms with Gasteiger partial charge < -0.3 is 9.05 Å². The van der Waals surface area contributed by atoms with E-state index in [0.717, 1.165) is 5.56 Å². The van der Waals surface area contributed by atoms with Crippen LogP contribution in [-0.4, -0.2) is 44.8 Å². The summed E-state index contributed by atoms with van der Waals surface area (Å²) in [5.41, 5.74) is 2.46. The van der Waals surface area contributed by atoms with E-state index in [2.05, 4.69) is 0 Å². The van der Waals surface area contributed by atoms with Crippen LogP contribution in [0.2, 0.25) is 0 Å². The lowest BCUT2D eigenvalue weighted by Gasteiger charge is -2.21. The summed E-state index contributed by atoms with van der Waals surface area (Å²) in [4.78, 5) is 12.5. The van der Waals surface area contributed by atoms with Crippen molar-refractivity contribution in [3.8, 4) is 0 Å². The highest BCUT2D eigenvalue weighted by Crippen LogP contribution is 2.57. The van der Waals surface area contributed by atoms with Crippen LogP contribution in [0.25, 0.3) is 0 Å². The van der Waals surface area contributed by atoms with Crippen molar-refractivity contribution in [2.45, 2.75) is 46.4 Å². The lowest BCUT2D eigenvalue weighted by atomic mass is 10.0. The van der Waals surface area contributed by atoms with Gasteiger partial charge in [0.25, 0.3) is 0 Å². The number of allylic oxidation sites excluding steroid dienone is 1. The maximum Gasteiger partial charge on any atom is 0.357 e. The molecule has 166 valence electrons. The summed E-state index contributed by atoms with van der Waals surface area (Å²) in [6, 6.07) is 6.59. The minimum atomic E-state index is -3.78. The normalized spacial score (nSPS) is 16.7. The SMILES string of the molecule is CCOP(=O)(OCC)/C(C)=C(\C)C1=C(C(C)=O)CN(S(=O)(=O)c2ccc(C)cc2)C1. The number of carbonyl (C=O) groups is 1. The minimum Gasteiger partial charge on any atom is -0.306 e. The Kier molecular flexibility index (Phi) is 7.99. The van der Waals surface area contributed by atoms with Gasteiger partial charge in [-0.3, -0.25) is 9.36 Å². The molecule has 1 heterocycles. The van der Waals surface area contributed by atoms with Gasteiger partial charge in [-0.2, -0.15) is 4.31 Å². The maximum absolute atomic E-state index is 13.2. The van der Waals surface area contributed by atoms with Gasteiger partial charge in [0, 0.05) is 24.0 Å². The molecule has 1 aliphatic rings. The number of sulfonamides is 1. The third-order valence-electron chi connectivity index (χ3n) is 5.12. The first-order chi connectivity index (χ1) is 14.0. The summed E-state index contributed by atoms with van der Waals surface area (Å²) in [5.74, 6) is -0.221. The predicted molar refractivity (Wildman–Crippen MR) is 117 cm³/mol. The summed E-state index contributed by atoms with van der Waals surface area (Å²) in [5, 5.41) is 0.384. The predicted octanol–water partition coefficient (Wildman–Crippen LogP) is 4.44. The summed E-state index contributed by atoms with van der Waals surface area (Å²) < 4.78 is 51.5. The Hall–Kier alpha value is -1.57. The molecule has 0 aromatic heterocycles. The van der Waals surface area contributed by atoms with Crippen LogP contribution in [0, 0.1) is 6.92 Å². The number of aryl methyl sites for hydroxylation is 1. The van der Waals surface area contributed by atoms with Crippen molar-refractivity contribution in [3.05, 3.63) is 51.9 Å². The second-order valence-corrected chi connectivity index (χ2v) is 11.3. The minimum absolute atomic E-state index is 0.0204. The van der Waals surface area contributed by atoms with Gasteiger partial charge in [-0.1, -0.05) is 17.7 Å². The molecule has 0 bridgehead atoms. The first-order valence-electron chi connectivity index (χ1n) is 9.85. The second-order valence-electron chi connectivity index (χ2n) is 7.14. The van der Waals surface area contributed by atoms with E-state index < -0.39 is 17.6 Å². The first kappa shape index (κ1) is 24.7. The van der Waals surface area contributed by atoms with E-state index in [1.54, 1.807) is 52.0 Å². The van der Waals surface area contributed by atoms with Gasteiger partial charge in [0.15, 0.2) is 5.78 Å². The molecule has 9 heteroatoms. The number of rotatable bonds is 9. The monoisotopic (exact) mass is 455 g/mol. The lowest BCUT2D eigenvalue weighted by molar-refractivity contribution is -0.113. The van der Waals surface area contributed by atoms with Crippen molar-refractivity contribution in [2.75, 3.05) is 26.3 Å². The molecule has 1 aromatic carbocycles. The number of benzene rings is 1. The fourth-order valence-electron chi connectivity index (χ4n) is 3.29. The average Bonchev–Trinajstić information content (AvgIpc) is 3.14. The highest BCUT2D eigenvalue weighted by molar-refractivity contribution is 7.89. The average molecular weight is 456 g/mol. The molecule has 1 aliphatic heterocycles. The molecule has 0 unspecified atom stereocenters. The molecule has 0 aliphatic carbocycles. The van der Waals surface area contributed by atoms with Crippen molar-refractivity contribution in [1.82, 2.24) is 4.31 Å². The van der Waals surface area contributed by atoms with Crippen LogP contribution in [0.3, 0.4) is 0 Å². The largest absolute Gasteiger partial charge is 0.357 e. The fourth-order valence-corrected chi connectivity index (χ4v) is 6.36. The van der Waals surface area contributed by atoms with Crippen molar-refractivity contribution in [3.63, 3.8) is 0 Å². The van der Waals surface area contributed by atoms with Crippen molar-refractivity contribution >= 4 is 23.4 Å². The Labute approximate surface area is 179 Å². The van der Waals surface area contributed by atoms with Gasteiger partial charge in [0.05, 0.1) is 18.1 Å². The third kappa shape index (κ3) is 5.01. The van der Waals surface area contributed by atoms with Gasteiger partial charge in [0.2, 0.25) is 10.0 Å². The molecule has 7 nitrogen and oxygen atoms in total. The van der Waals surface area contributed by atoms with E-state index >= 15 is 0 Å². The quantitative estimate of drug-likeness (QED) is 0.511. The van der Waals surface area contributed by atoms with E-state index in [4.69, 9.17) is 9.05 Å². The number of carbonyl (C=O) groups excluding carboxylic acids is 1. The Morgan fingerprint density at radius 2 is 1.50 bits per heavy atom. The van der Waals surface area contributed by atoms with E-state index in [-0.39, 0.29) is 37.0 Å². The van der Waals surface area contributed by atoms with E-state index in [0.29, 0.717) is 22.0 Å². The number of hydrogen-bond donors (Lipinski definition) is 0. The zero-order valence-corrected chi connectivity index (χ0v) is 20.1. The fraction of sp³-hybridized carbons (Fsp3) is 0.476. The van der Waals surface area contributed by atoms with Crippen molar-refractivity contribution in [2.24, 2.45) is 0 Å². The Morgan fingerprint density at radius 1 is 1.00 bits per heavy atom. The molecule has 0 saturated heterocycles. The van der Waals surface area contributed by atoms with E-state index in [1.807, 2.05) is 6.92 Å². The standard InChI is InChI=1S/C21H30NO6PS/c1-7-27-29(24,28-8-2)18(6)16(4)20-13-22(14-21(20)17(5)23)30(25,26)19-11-9-15(3)10-12-19/h9-12H,7-8,13-14H2,1-6H3/b18-16+. The Bertz CT molecular complexity index is 1010. The van der Waals surface area contributed by atoms with Crippen LogP contribution in [-0.2, 0) is 28.4 Å². The van der Waals surface area contributed by atoms with E-state index in [1.165, 1.54) is 11.2 Å². The second kappa shape index (κ2) is 9.71. The molecule has 2 rings (SSSR count). The zero-order chi connectivity index (χ0) is 22.7. The number of hydrogen-bond acceptors (Lipinski definition) is 6. The molecule has 1 aromatic rings. The zero-order valence-electron chi connectivity index (χ0n) is 18.4. The van der Waals surface area contributed by atoms with Crippen LogP contribution in [0.15, 0.2) is 51.2 Å². The van der Waals surface area contributed by atoms with Crippen LogP contribution >= 0.6 is 7.60 Å². The van der Waals surface area contributed by atoms with Crippen LogP contribution in [0.5, 0.6) is 0 Å². The molecule has 0 saturated carbocycles. The summed E-state index contributed by atoms with van der Waals surface area (Å²) in [6.45, 7) is 10.5. The molecule has 0 amide bonds. The van der Waals surface area contributed by atoms with Crippen LogP contribution in [0.1, 0.15) is 40.2 Å². The first-order valence-corrected chi connectivity index (χ1v) is 12.8. The van der Waals surface area contributed by atoms with Gasteiger partial charge in [-0.15, -0.1) is 0 Å². The highest BCUT2D eigenvalue weighted by atomic mass is 32.2. The number of nitrogens with zero attached hydrogens (tertiary/aromatic N) is 1. The van der Waals surface area contributed by atoms with Gasteiger partial charge in [-0.25, -0.2) is 8.42 Å². The van der Waals surface area contributed by atoms with Crippen LogP contribution < -0.4 is 0 Å². The molecule has 0 N–H and O–H groups in total. The van der Waals surface area contributed by atoms with Crippen molar-refractivity contribution in [1.29, 1.82) is 0 Å². The molecule has 30 heavy (non-hydrogen) atoms. The smallest absolute Gasteiger partial charge is 0.306 e.